The Kier molecular flexibility index (Phi) is 5.44. The Hall–Kier alpha value is -0.920. The van der Waals surface area contributed by atoms with Crippen LogP contribution in [0.15, 0.2) is 10.7 Å². The van der Waals surface area contributed by atoms with Crippen molar-refractivity contribution in [2.75, 3.05) is 30.0 Å². The molecule has 0 spiro atoms. The van der Waals surface area contributed by atoms with Gasteiger partial charge in [-0.05, 0) is 22.4 Å². The van der Waals surface area contributed by atoms with Crippen molar-refractivity contribution >= 4 is 27.7 Å². The van der Waals surface area contributed by atoms with E-state index in [2.05, 4.69) is 38.2 Å². The molecule has 0 saturated carbocycles. The van der Waals surface area contributed by atoms with Crippen molar-refractivity contribution in [3.05, 3.63) is 10.7 Å². The Balaban J connectivity index is 2.96. The predicted octanol–water partition coefficient (Wildman–Crippen LogP) is 0.733. The number of aliphatic hydroxyl groups is 1. The molecule has 1 aromatic heterocycles. The Morgan fingerprint density at radius 1 is 1.56 bits per heavy atom. The topological polar surface area (TPSA) is 87.3 Å². The van der Waals surface area contributed by atoms with Crippen LogP contribution in [0.5, 0.6) is 0 Å². The molecule has 90 valence electrons. The molecule has 0 aliphatic carbocycles. The summed E-state index contributed by atoms with van der Waals surface area (Å²) >= 11 is 3.38. The summed E-state index contributed by atoms with van der Waals surface area (Å²) in [5.41, 5.74) is 2.40. The van der Waals surface area contributed by atoms with Gasteiger partial charge in [-0.25, -0.2) is 10.8 Å². The third-order valence-corrected chi connectivity index (χ3v) is 2.58. The van der Waals surface area contributed by atoms with Gasteiger partial charge in [0.2, 0.25) is 5.95 Å². The van der Waals surface area contributed by atoms with Gasteiger partial charge in [0.25, 0.3) is 0 Å². The maximum atomic E-state index is 9.00. The van der Waals surface area contributed by atoms with Gasteiger partial charge in [0, 0.05) is 19.3 Å². The predicted molar refractivity (Wildman–Crippen MR) is 67.1 cm³/mol. The van der Waals surface area contributed by atoms with Crippen molar-refractivity contribution in [2.24, 2.45) is 5.84 Å². The molecular weight excluding hydrogens is 274 g/mol. The number of rotatable bonds is 6. The first kappa shape index (κ1) is 13.1. The molecule has 1 aromatic rings. The van der Waals surface area contributed by atoms with Crippen molar-refractivity contribution in [2.45, 2.75) is 13.3 Å². The SMILES string of the molecule is CCCN(CCO)c1nc(NN)ncc1Br. The molecule has 0 unspecified atom stereocenters. The highest BCUT2D eigenvalue weighted by molar-refractivity contribution is 9.10. The molecule has 16 heavy (non-hydrogen) atoms. The summed E-state index contributed by atoms with van der Waals surface area (Å²) in [6.45, 7) is 3.51. The van der Waals surface area contributed by atoms with Crippen molar-refractivity contribution in [1.29, 1.82) is 0 Å². The molecule has 0 atom stereocenters. The van der Waals surface area contributed by atoms with Crippen molar-refractivity contribution in [3.8, 4) is 0 Å². The Morgan fingerprint density at radius 2 is 2.31 bits per heavy atom. The number of nitrogens with two attached hydrogens (primary N) is 1. The summed E-state index contributed by atoms with van der Waals surface area (Å²) in [5.74, 6) is 6.35. The van der Waals surface area contributed by atoms with Gasteiger partial charge in [-0.2, -0.15) is 4.98 Å². The summed E-state index contributed by atoms with van der Waals surface area (Å²) in [7, 11) is 0. The van der Waals surface area contributed by atoms with Crippen LogP contribution in [0.25, 0.3) is 0 Å². The molecular formula is C9H16BrN5O. The molecule has 0 fully saturated rings. The van der Waals surface area contributed by atoms with Gasteiger partial charge < -0.3 is 10.0 Å². The second-order valence-electron chi connectivity index (χ2n) is 3.22. The normalized spacial score (nSPS) is 10.2. The lowest BCUT2D eigenvalue weighted by Gasteiger charge is -2.23. The van der Waals surface area contributed by atoms with Crippen LogP contribution in [0.1, 0.15) is 13.3 Å². The van der Waals surface area contributed by atoms with E-state index in [9.17, 15) is 0 Å². The van der Waals surface area contributed by atoms with Gasteiger partial charge in [-0.15, -0.1) is 0 Å². The number of hydrazine groups is 1. The smallest absolute Gasteiger partial charge is 0.239 e. The molecule has 0 aromatic carbocycles. The lowest BCUT2D eigenvalue weighted by molar-refractivity contribution is 0.301. The molecule has 4 N–H and O–H groups in total. The van der Waals surface area contributed by atoms with E-state index in [1.807, 2.05) is 4.90 Å². The number of aromatic nitrogens is 2. The van der Waals surface area contributed by atoms with E-state index in [1.54, 1.807) is 6.20 Å². The standard InChI is InChI=1S/C9H16BrN5O/c1-2-3-15(4-5-16)8-7(10)6-12-9(13-8)14-11/h6,16H,2-5,11H2,1H3,(H,12,13,14). The first-order valence-corrected chi connectivity index (χ1v) is 5.87. The highest BCUT2D eigenvalue weighted by Crippen LogP contribution is 2.24. The van der Waals surface area contributed by atoms with Gasteiger partial charge in [0.1, 0.15) is 5.82 Å². The van der Waals surface area contributed by atoms with E-state index in [4.69, 9.17) is 10.9 Å². The number of halogens is 1. The first-order chi connectivity index (χ1) is 7.72. The minimum absolute atomic E-state index is 0.0851. The monoisotopic (exact) mass is 289 g/mol. The summed E-state index contributed by atoms with van der Waals surface area (Å²) in [5, 5.41) is 9.00. The van der Waals surface area contributed by atoms with Crippen LogP contribution in [0.4, 0.5) is 11.8 Å². The van der Waals surface area contributed by atoms with Gasteiger partial charge >= 0.3 is 0 Å². The van der Waals surface area contributed by atoms with Gasteiger partial charge in [-0.3, -0.25) is 5.43 Å². The molecule has 1 heterocycles. The van der Waals surface area contributed by atoms with Gasteiger partial charge in [0.05, 0.1) is 11.1 Å². The zero-order valence-corrected chi connectivity index (χ0v) is 10.7. The number of hydrogen-bond acceptors (Lipinski definition) is 6. The first-order valence-electron chi connectivity index (χ1n) is 5.07. The highest BCUT2D eigenvalue weighted by Gasteiger charge is 2.12. The minimum atomic E-state index is 0.0851. The van der Waals surface area contributed by atoms with E-state index in [0.717, 1.165) is 23.3 Å². The van der Waals surface area contributed by atoms with E-state index in [1.165, 1.54) is 0 Å². The van der Waals surface area contributed by atoms with Crippen LogP contribution in [0.2, 0.25) is 0 Å². The quantitative estimate of drug-likeness (QED) is 0.529. The molecule has 0 aliphatic heterocycles. The molecule has 0 saturated heterocycles. The number of aliphatic hydroxyl groups excluding tert-OH is 1. The lowest BCUT2D eigenvalue weighted by atomic mass is 10.4. The fourth-order valence-corrected chi connectivity index (χ4v) is 1.81. The Bertz CT molecular complexity index is 330. The summed E-state index contributed by atoms with van der Waals surface area (Å²) in [6.07, 6.45) is 2.61. The molecule has 7 heteroatoms. The summed E-state index contributed by atoms with van der Waals surface area (Å²) in [6, 6.07) is 0. The van der Waals surface area contributed by atoms with Crippen LogP contribution in [0, 0.1) is 0 Å². The third-order valence-electron chi connectivity index (χ3n) is 2.02. The van der Waals surface area contributed by atoms with Crippen LogP contribution >= 0.6 is 15.9 Å². The molecule has 6 nitrogen and oxygen atoms in total. The molecule has 0 aliphatic rings. The highest BCUT2D eigenvalue weighted by atomic mass is 79.9. The zero-order valence-electron chi connectivity index (χ0n) is 9.15. The van der Waals surface area contributed by atoms with Crippen LogP contribution < -0.4 is 16.2 Å². The Morgan fingerprint density at radius 3 is 2.88 bits per heavy atom. The fraction of sp³-hybridized carbons (Fsp3) is 0.556. The van der Waals surface area contributed by atoms with Crippen molar-refractivity contribution in [1.82, 2.24) is 9.97 Å². The molecule has 0 amide bonds. The largest absolute Gasteiger partial charge is 0.395 e. The number of nitrogen functional groups attached to an aromatic ring is 1. The molecule has 0 bridgehead atoms. The van der Waals surface area contributed by atoms with E-state index in [0.29, 0.717) is 12.5 Å². The Labute approximate surface area is 103 Å². The second-order valence-corrected chi connectivity index (χ2v) is 4.07. The number of nitrogens with one attached hydrogen (secondary N) is 1. The molecule has 1 rings (SSSR count). The number of nitrogens with zero attached hydrogens (tertiary/aromatic N) is 3. The summed E-state index contributed by atoms with van der Waals surface area (Å²) in [4.78, 5) is 10.2. The van der Waals surface area contributed by atoms with Crippen molar-refractivity contribution < 1.29 is 5.11 Å². The average Bonchev–Trinajstić information content (AvgIpc) is 2.29. The number of anilines is 2. The third kappa shape index (κ3) is 3.29. The summed E-state index contributed by atoms with van der Waals surface area (Å²) < 4.78 is 0.786. The maximum Gasteiger partial charge on any atom is 0.239 e. The van der Waals surface area contributed by atoms with E-state index >= 15 is 0 Å². The molecule has 0 radical (unpaired) electrons. The van der Waals surface area contributed by atoms with E-state index in [-0.39, 0.29) is 6.61 Å². The van der Waals surface area contributed by atoms with Crippen LogP contribution in [-0.4, -0.2) is 34.8 Å². The van der Waals surface area contributed by atoms with E-state index < -0.39 is 0 Å². The zero-order chi connectivity index (χ0) is 12.0. The fourth-order valence-electron chi connectivity index (χ4n) is 1.36. The average molecular weight is 290 g/mol. The van der Waals surface area contributed by atoms with Gasteiger partial charge in [-0.1, -0.05) is 6.92 Å². The van der Waals surface area contributed by atoms with Gasteiger partial charge in [0.15, 0.2) is 0 Å². The van der Waals surface area contributed by atoms with Crippen LogP contribution in [0.3, 0.4) is 0 Å². The lowest BCUT2D eigenvalue weighted by Crippen LogP contribution is -2.29. The van der Waals surface area contributed by atoms with Crippen molar-refractivity contribution in [3.63, 3.8) is 0 Å². The maximum absolute atomic E-state index is 9.00. The second kappa shape index (κ2) is 6.62. The minimum Gasteiger partial charge on any atom is -0.395 e. The van der Waals surface area contributed by atoms with Crippen LogP contribution in [-0.2, 0) is 0 Å². The number of hydrogen-bond donors (Lipinski definition) is 3.